The minimum atomic E-state index is -3.79. The van der Waals surface area contributed by atoms with Crippen molar-refractivity contribution in [1.29, 1.82) is 0 Å². The van der Waals surface area contributed by atoms with Crippen LogP contribution in [0.25, 0.3) is 0 Å². The summed E-state index contributed by atoms with van der Waals surface area (Å²) < 4.78 is 26.4. The summed E-state index contributed by atoms with van der Waals surface area (Å²) in [7, 11) is -3.79. The zero-order chi connectivity index (χ0) is 25.7. The van der Waals surface area contributed by atoms with E-state index in [1.165, 1.54) is 4.90 Å². The highest BCUT2D eigenvalue weighted by Gasteiger charge is 2.33. The summed E-state index contributed by atoms with van der Waals surface area (Å²) in [5.74, 6) is -0.757. The first-order chi connectivity index (χ1) is 15.7. The first-order valence-corrected chi connectivity index (χ1v) is 13.3. The maximum atomic E-state index is 13.6. The zero-order valence-electron chi connectivity index (χ0n) is 20.6. The van der Waals surface area contributed by atoms with E-state index in [2.05, 4.69) is 5.32 Å². The number of aryl methyl sites for hydroxylation is 1. The molecular weight excluding hydrogens is 474 g/mol. The molecular formula is C25H34ClN3O4S. The Hall–Kier alpha value is -2.58. The fourth-order valence-corrected chi connectivity index (χ4v) is 4.78. The molecule has 0 aromatic heterocycles. The van der Waals surface area contributed by atoms with E-state index in [-0.39, 0.29) is 12.5 Å². The predicted molar refractivity (Wildman–Crippen MR) is 137 cm³/mol. The van der Waals surface area contributed by atoms with Gasteiger partial charge in [0.05, 0.1) is 11.9 Å². The van der Waals surface area contributed by atoms with E-state index < -0.39 is 34.1 Å². The Morgan fingerprint density at radius 3 is 2.21 bits per heavy atom. The summed E-state index contributed by atoms with van der Waals surface area (Å²) in [5, 5.41) is 3.41. The van der Waals surface area contributed by atoms with E-state index in [0.717, 1.165) is 16.1 Å². The van der Waals surface area contributed by atoms with Crippen molar-refractivity contribution in [1.82, 2.24) is 10.2 Å². The minimum Gasteiger partial charge on any atom is -0.350 e. The van der Waals surface area contributed by atoms with Crippen LogP contribution in [0.5, 0.6) is 0 Å². The number of benzene rings is 2. The average molecular weight is 508 g/mol. The lowest BCUT2D eigenvalue weighted by Crippen LogP contribution is -2.55. The van der Waals surface area contributed by atoms with E-state index in [9.17, 15) is 18.0 Å². The van der Waals surface area contributed by atoms with Gasteiger partial charge < -0.3 is 10.2 Å². The van der Waals surface area contributed by atoms with Gasteiger partial charge in [-0.05, 0) is 63.4 Å². The molecule has 1 N–H and O–H groups in total. The van der Waals surface area contributed by atoms with Gasteiger partial charge in [-0.15, -0.1) is 0 Å². The normalized spacial score (nSPS) is 12.7. The smallest absolute Gasteiger partial charge is 0.244 e. The first-order valence-electron chi connectivity index (χ1n) is 11.1. The molecule has 0 saturated heterocycles. The van der Waals surface area contributed by atoms with Gasteiger partial charge in [-0.2, -0.15) is 0 Å². The van der Waals surface area contributed by atoms with Crippen molar-refractivity contribution in [3.8, 4) is 0 Å². The van der Waals surface area contributed by atoms with Gasteiger partial charge in [0.2, 0.25) is 21.8 Å². The number of carbonyl (C=O) groups is 2. The van der Waals surface area contributed by atoms with Gasteiger partial charge in [-0.3, -0.25) is 13.9 Å². The van der Waals surface area contributed by atoms with Crippen LogP contribution >= 0.6 is 11.6 Å². The van der Waals surface area contributed by atoms with Gasteiger partial charge in [0, 0.05) is 17.1 Å². The lowest BCUT2D eigenvalue weighted by molar-refractivity contribution is -0.141. The Labute approximate surface area is 208 Å². The molecule has 0 radical (unpaired) electrons. The zero-order valence-corrected chi connectivity index (χ0v) is 22.2. The molecule has 0 fully saturated rings. The number of sulfonamides is 1. The summed E-state index contributed by atoms with van der Waals surface area (Å²) in [6.07, 6.45) is 1.43. The molecule has 0 heterocycles. The molecule has 1 atom stereocenters. The summed E-state index contributed by atoms with van der Waals surface area (Å²) in [6, 6.07) is 13.4. The van der Waals surface area contributed by atoms with E-state index in [0.29, 0.717) is 22.7 Å². The first kappa shape index (κ1) is 27.7. The lowest BCUT2D eigenvalue weighted by Gasteiger charge is -2.34. The molecule has 0 unspecified atom stereocenters. The van der Waals surface area contributed by atoms with E-state index in [4.69, 9.17) is 11.6 Å². The van der Waals surface area contributed by atoms with Crippen LogP contribution in [0.3, 0.4) is 0 Å². The largest absolute Gasteiger partial charge is 0.350 e. The van der Waals surface area contributed by atoms with Gasteiger partial charge in [0.15, 0.2) is 0 Å². The number of rotatable bonds is 9. The maximum Gasteiger partial charge on any atom is 0.244 e. The van der Waals surface area contributed by atoms with Crippen LogP contribution in [0.15, 0.2) is 48.5 Å². The topological polar surface area (TPSA) is 86.8 Å². The van der Waals surface area contributed by atoms with E-state index in [1.54, 1.807) is 25.1 Å². The van der Waals surface area contributed by atoms with Crippen LogP contribution in [0, 0.1) is 6.92 Å². The number of amides is 2. The average Bonchev–Trinajstić information content (AvgIpc) is 2.71. The molecule has 2 amide bonds. The third-order valence-electron chi connectivity index (χ3n) is 5.19. The molecule has 0 aliphatic rings. The highest BCUT2D eigenvalue weighted by atomic mass is 35.5. The van der Waals surface area contributed by atoms with Crippen LogP contribution in [0.4, 0.5) is 5.69 Å². The Kier molecular flexibility index (Phi) is 9.14. The molecule has 0 aliphatic heterocycles. The molecule has 2 rings (SSSR count). The number of anilines is 1. The van der Waals surface area contributed by atoms with Crippen molar-refractivity contribution in [3.63, 3.8) is 0 Å². The maximum absolute atomic E-state index is 13.6. The highest BCUT2D eigenvalue weighted by Crippen LogP contribution is 2.26. The third-order valence-corrected chi connectivity index (χ3v) is 6.55. The fraction of sp³-hybridized carbons (Fsp3) is 0.440. The van der Waals surface area contributed by atoms with E-state index >= 15 is 0 Å². The second kappa shape index (κ2) is 11.2. The molecule has 9 heteroatoms. The molecule has 2 aromatic rings. The number of carbonyl (C=O) groups excluding carboxylic acids is 2. The minimum absolute atomic E-state index is 0.174. The van der Waals surface area contributed by atoms with Gasteiger partial charge in [-0.1, -0.05) is 48.9 Å². The van der Waals surface area contributed by atoms with Crippen LogP contribution in [-0.2, 0) is 26.2 Å². The molecule has 2 aromatic carbocycles. The quantitative estimate of drug-likeness (QED) is 0.552. The fourth-order valence-electron chi connectivity index (χ4n) is 3.65. The SMILES string of the molecule is CC[C@H](C(=O)NC(C)(C)C)N(Cc1ccccc1)C(=O)CN(c1ccc(Cl)cc1C)S(C)(=O)=O. The van der Waals surface area contributed by atoms with Crippen molar-refractivity contribution < 1.29 is 18.0 Å². The number of nitrogens with zero attached hydrogens (tertiary/aromatic N) is 2. The Morgan fingerprint density at radius 1 is 1.09 bits per heavy atom. The molecule has 0 saturated carbocycles. The van der Waals surface area contributed by atoms with Crippen LogP contribution in [0.1, 0.15) is 45.2 Å². The van der Waals surface area contributed by atoms with Gasteiger partial charge in [0.25, 0.3) is 0 Å². The van der Waals surface area contributed by atoms with Crippen molar-refractivity contribution in [2.75, 3.05) is 17.1 Å². The molecule has 0 bridgehead atoms. The number of hydrogen-bond acceptors (Lipinski definition) is 4. The van der Waals surface area contributed by atoms with Crippen molar-refractivity contribution in [2.45, 2.75) is 59.2 Å². The molecule has 186 valence electrons. The molecule has 0 spiro atoms. The van der Waals surface area contributed by atoms with Crippen molar-refractivity contribution >= 4 is 39.1 Å². The van der Waals surface area contributed by atoms with Gasteiger partial charge >= 0.3 is 0 Å². The number of nitrogens with one attached hydrogen (secondary N) is 1. The van der Waals surface area contributed by atoms with E-state index in [1.807, 2.05) is 58.0 Å². The van der Waals surface area contributed by atoms with Gasteiger partial charge in [0.1, 0.15) is 12.6 Å². The Morgan fingerprint density at radius 2 is 1.71 bits per heavy atom. The second-order valence-electron chi connectivity index (χ2n) is 9.37. The third kappa shape index (κ3) is 7.74. The number of hydrogen-bond donors (Lipinski definition) is 1. The number of halogens is 1. The summed E-state index contributed by atoms with van der Waals surface area (Å²) in [5.41, 5.74) is 1.35. The molecule has 7 nitrogen and oxygen atoms in total. The Bertz CT molecular complexity index is 1110. The van der Waals surface area contributed by atoms with Crippen molar-refractivity contribution in [2.24, 2.45) is 0 Å². The monoisotopic (exact) mass is 507 g/mol. The molecule has 34 heavy (non-hydrogen) atoms. The van der Waals surface area contributed by atoms with Gasteiger partial charge in [-0.25, -0.2) is 8.42 Å². The predicted octanol–water partition coefficient (Wildman–Crippen LogP) is 4.14. The Balaban J connectivity index is 2.46. The van der Waals surface area contributed by atoms with Crippen molar-refractivity contribution in [3.05, 3.63) is 64.7 Å². The van der Waals surface area contributed by atoms with Crippen LogP contribution in [0.2, 0.25) is 5.02 Å². The van der Waals surface area contributed by atoms with Crippen LogP contribution in [-0.4, -0.2) is 49.5 Å². The second-order valence-corrected chi connectivity index (χ2v) is 11.7. The van der Waals surface area contributed by atoms with Crippen LogP contribution < -0.4 is 9.62 Å². The summed E-state index contributed by atoms with van der Waals surface area (Å²) >= 11 is 6.04. The standard InChI is InChI=1S/C25H34ClN3O4S/c1-7-21(24(31)27-25(3,4)5)28(16-19-11-9-8-10-12-19)23(30)17-29(34(6,32)33)22-14-13-20(26)15-18(22)2/h8-15,21H,7,16-17H2,1-6H3,(H,27,31)/t21-/m1/s1. The summed E-state index contributed by atoms with van der Waals surface area (Å²) in [6.45, 7) is 8.91. The lowest BCUT2D eigenvalue weighted by atomic mass is 10.1. The molecule has 0 aliphatic carbocycles. The summed E-state index contributed by atoms with van der Waals surface area (Å²) in [4.78, 5) is 28.2. The highest BCUT2D eigenvalue weighted by molar-refractivity contribution is 7.92.